The van der Waals surface area contributed by atoms with Gasteiger partial charge >= 0.3 is 29.6 Å². The molecule has 1 atom stereocenters. The number of carboxylic acid groups (broad SMARTS) is 1. The molecule has 0 amide bonds. The predicted octanol–water partition coefficient (Wildman–Crippen LogP) is -1.51. The largest absolute Gasteiger partial charge is 1.00 e. The van der Waals surface area contributed by atoms with E-state index in [1.807, 2.05) is 6.92 Å². The van der Waals surface area contributed by atoms with Crippen molar-refractivity contribution in [2.24, 2.45) is 0 Å². The number of benzene rings is 1. The number of hydrogen-bond donors (Lipinski definition) is 0. The van der Waals surface area contributed by atoms with E-state index in [0.717, 1.165) is 24.8 Å². The van der Waals surface area contributed by atoms with Gasteiger partial charge in [-0.3, -0.25) is 0 Å². The Morgan fingerprint density at radius 1 is 1.13 bits per heavy atom. The van der Waals surface area contributed by atoms with E-state index >= 15 is 0 Å². The molecule has 5 nitrogen and oxygen atoms in total. The standard InChI is InChI=1S/C16H24O5S.Na/c1-13-8-10-14(11-9-13)22(19,20)15(16(17)18)7-5-3-4-6-12-21-2;/h8-11,15H,3-7,12H2,1-2H3,(H,17,18);/q;+1/p-1. The summed E-state index contributed by atoms with van der Waals surface area (Å²) in [6.45, 7) is 2.50. The van der Waals surface area contributed by atoms with E-state index in [2.05, 4.69) is 0 Å². The SMILES string of the molecule is COCCCCCCC(C(=O)[O-])S(=O)(=O)c1ccc(C)cc1.[Na+]. The second-order valence-corrected chi connectivity index (χ2v) is 7.49. The minimum absolute atomic E-state index is 0. The Labute approximate surface area is 160 Å². The number of aliphatic carboxylic acids is 1. The molecule has 7 heteroatoms. The Hall–Kier alpha value is -0.400. The third-order valence-electron chi connectivity index (χ3n) is 3.55. The van der Waals surface area contributed by atoms with Crippen LogP contribution in [0.25, 0.3) is 0 Å². The van der Waals surface area contributed by atoms with E-state index in [0.29, 0.717) is 13.0 Å². The van der Waals surface area contributed by atoms with Crippen molar-refractivity contribution < 1.29 is 52.6 Å². The van der Waals surface area contributed by atoms with Crippen LogP contribution in [0.3, 0.4) is 0 Å². The number of aryl methyl sites for hydroxylation is 1. The summed E-state index contributed by atoms with van der Waals surface area (Å²) in [5.74, 6) is -1.53. The van der Waals surface area contributed by atoms with E-state index in [4.69, 9.17) is 4.74 Å². The third-order valence-corrected chi connectivity index (χ3v) is 5.66. The van der Waals surface area contributed by atoms with Gasteiger partial charge in [0, 0.05) is 13.7 Å². The average molecular weight is 350 g/mol. The summed E-state index contributed by atoms with van der Waals surface area (Å²) < 4.78 is 29.8. The van der Waals surface area contributed by atoms with Crippen molar-refractivity contribution in [2.75, 3.05) is 13.7 Å². The van der Waals surface area contributed by atoms with Crippen molar-refractivity contribution in [3.05, 3.63) is 29.8 Å². The van der Waals surface area contributed by atoms with Crippen LogP contribution in [0.5, 0.6) is 0 Å². The van der Waals surface area contributed by atoms with E-state index in [1.54, 1.807) is 19.2 Å². The summed E-state index contributed by atoms with van der Waals surface area (Å²) in [6.07, 6.45) is 3.16. The molecule has 0 radical (unpaired) electrons. The van der Waals surface area contributed by atoms with Crippen molar-refractivity contribution in [1.29, 1.82) is 0 Å². The molecule has 0 bridgehead atoms. The quantitative estimate of drug-likeness (QED) is 0.378. The minimum atomic E-state index is -3.90. The Balaban J connectivity index is 0.00000484. The smallest absolute Gasteiger partial charge is 0.549 e. The molecular weight excluding hydrogens is 327 g/mol. The van der Waals surface area contributed by atoms with E-state index < -0.39 is 21.1 Å². The second-order valence-electron chi connectivity index (χ2n) is 5.36. The predicted molar refractivity (Wildman–Crippen MR) is 82.1 cm³/mol. The van der Waals surface area contributed by atoms with Crippen LogP contribution < -0.4 is 34.7 Å². The average Bonchev–Trinajstić information content (AvgIpc) is 2.46. The van der Waals surface area contributed by atoms with Crippen LogP contribution >= 0.6 is 0 Å². The molecule has 0 fully saturated rings. The molecule has 23 heavy (non-hydrogen) atoms. The molecule has 0 aromatic heterocycles. The number of hydrogen-bond acceptors (Lipinski definition) is 5. The van der Waals surface area contributed by atoms with Gasteiger partial charge in [0.15, 0.2) is 9.84 Å². The summed E-state index contributed by atoms with van der Waals surface area (Å²) >= 11 is 0. The van der Waals surface area contributed by atoms with Gasteiger partial charge in [0.1, 0.15) is 5.25 Å². The molecule has 0 saturated carbocycles. The van der Waals surface area contributed by atoms with Crippen LogP contribution in [-0.2, 0) is 19.4 Å². The molecule has 1 aromatic rings. The number of carbonyl (C=O) groups is 1. The first-order valence-electron chi connectivity index (χ1n) is 7.40. The van der Waals surface area contributed by atoms with Gasteiger partial charge in [-0.2, -0.15) is 0 Å². The molecule has 0 aliphatic rings. The molecule has 1 unspecified atom stereocenters. The van der Waals surface area contributed by atoms with Crippen LogP contribution in [0.15, 0.2) is 29.2 Å². The summed E-state index contributed by atoms with van der Waals surface area (Å²) in [6, 6.07) is 6.20. The number of unbranched alkanes of at least 4 members (excludes halogenated alkanes) is 3. The summed E-state index contributed by atoms with van der Waals surface area (Å²) in [5.41, 5.74) is 0.919. The normalized spacial score (nSPS) is 12.4. The zero-order chi connectivity index (χ0) is 16.6. The molecule has 1 rings (SSSR count). The fourth-order valence-electron chi connectivity index (χ4n) is 2.22. The fraction of sp³-hybridized carbons (Fsp3) is 0.562. The van der Waals surface area contributed by atoms with E-state index in [-0.39, 0.29) is 40.9 Å². The van der Waals surface area contributed by atoms with Crippen molar-refractivity contribution in [3.8, 4) is 0 Å². The van der Waals surface area contributed by atoms with E-state index in [1.165, 1.54) is 12.1 Å². The number of carbonyl (C=O) groups excluding carboxylic acids is 1. The molecule has 124 valence electrons. The van der Waals surface area contributed by atoms with Crippen LogP contribution in [0.1, 0.15) is 37.7 Å². The van der Waals surface area contributed by atoms with Crippen LogP contribution in [0, 0.1) is 6.92 Å². The van der Waals surface area contributed by atoms with Crippen LogP contribution in [-0.4, -0.2) is 33.4 Å². The Morgan fingerprint density at radius 3 is 2.22 bits per heavy atom. The maximum Gasteiger partial charge on any atom is 1.00 e. The Kier molecular flexibility index (Phi) is 11.0. The van der Waals surface area contributed by atoms with Gasteiger partial charge < -0.3 is 14.6 Å². The van der Waals surface area contributed by atoms with Crippen molar-refractivity contribution in [2.45, 2.75) is 49.2 Å². The number of carboxylic acids is 1. The van der Waals surface area contributed by atoms with Crippen molar-refractivity contribution in [1.82, 2.24) is 0 Å². The van der Waals surface area contributed by atoms with Gasteiger partial charge in [0.25, 0.3) is 0 Å². The summed E-state index contributed by atoms with van der Waals surface area (Å²) in [4.78, 5) is 11.3. The third kappa shape index (κ3) is 7.35. The van der Waals surface area contributed by atoms with Crippen molar-refractivity contribution in [3.63, 3.8) is 0 Å². The maximum absolute atomic E-state index is 12.4. The van der Waals surface area contributed by atoms with Gasteiger partial charge in [-0.25, -0.2) is 8.42 Å². The Morgan fingerprint density at radius 2 is 1.70 bits per heavy atom. The first kappa shape index (κ1) is 22.6. The molecular formula is C16H23NaO5S. The van der Waals surface area contributed by atoms with Gasteiger partial charge in [-0.1, -0.05) is 37.0 Å². The molecule has 0 aliphatic carbocycles. The number of sulfone groups is 1. The zero-order valence-corrected chi connectivity index (χ0v) is 16.9. The molecule has 1 aromatic carbocycles. The van der Waals surface area contributed by atoms with Gasteiger partial charge in [-0.15, -0.1) is 0 Å². The van der Waals surface area contributed by atoms with Gasteiger partial charge in [0.2, 0.25) is 0 Å². The van der Waals surface area contributed by atoms with E-state index in [9.17, 15) is 18.3 Å². The second kappa shape index (κ2) is 11.2. The number of ether oxygens (including phenoxy) is 1. The number of methoxy groups -OCH3 is 1. The summed E-state index contributed by atoms with van der Waals surface area (Å²) in [7, 11) is -2.28. The minimum Gasteiger partial charge on any atom is -0.549 e. The zero-order valence-electron chi connectivity index (χ0n) is 14.1. The number of rotatable bonds is 10. The topological polar surface area (TPSA) is 83.5 Å². The monoisotopic (exact) mass is 350 g/mol. The molecule has 0 N–H and O–H groups in total. The summed E-state index contributed by atoms with van der Waals surface area (Å²) in [5, 5.41) is 9.75. The van der Waals surface area contributed by atoms with Crippen LogP contribution in [0.2, 0.25) is 0 Å². The molecule has 0 spiro atoms. The van der Waals surface area contributed by atoms with Gasteiger partial charge in [0.05, 0.1) is 10.9 Å². The molecule has 0 aliphatic heterocycles. The molecule has 0 heterocycles. The van der Waals surface area contributed by atoms with Crippen LogP contribution in [0.4, 0.5) is 0 Å². The molecule has 0 saturated heterocycles. The first-order valence-corrected chi connectivity index (χ1v) is 8.94. The van der Waals surface area contributed by atoms with Crippen molar-refractivity contribution >= 4 is 15.8 Å². The maximum atomic E-state index is 12.4. The Bertz CT molecular complexity index is 569. The van der Waals surface area contributed by atoms with Gasteiger partial charge in [-0.05, 0) is 31.9 Å². The fourth-order valence-corrected chi connectivity index (χ4v) is 3.80. The first-order chi connectivity index (χ1) is 10.4.